The molecule has 1 aliphatic heterocycles. The van der Waals surface area contributed by atoms with E-state index in [0.717, 1.165) is 22.2 Å². The van der Waals surface area contributed by atoms with Gasteiger partial charge in [0, 0.05) is 42.0 Å². The van der Waals surface area contributed by atoms with E-state index < -0.39 is 17.6 Å². The third-order valence-electron chi connectivity index (χ3n) is 6.78. The summed E-state index contributed by atoms with van der Waals surface area (Å²) in [6, 6.07) is 16.9. The molecular weight excluding hydrogens is 446 g/mol. The Morgan fingerprint density at radius 2 is 2.03 bits per heavy atom. The summed E-state index contributed by atoms with van der Waals surface area (Å²) in [7, 11) is 1.61. The molecule has 2 aromatic carbocycles. The maximum absolute atomic E-state index is 12.8. The molecule has 0 unspecified atom stereocenters. The second-order valence-electron chi connectivity index (χ2n) is 9.00. The molecule has 0 spiro atoms. The number of ether oxygens (including phenoxy) is 2. The molecule has 2 aliphatic rings. The molecule has 2 fully saturated rings. The summed E-state index contributed by atoms with van der Waals surface area (Å²) in [6.07, 6.45) is 2.09. The van der Waals surface area contributed by atoms with Gasteiger partial charge in [0.25, 0.3) is 0 Å². The van der Waals surface area contributed by atoms with Gasteiger partial charge in [0.2, 0.25) is 5.91 Å². The zero-order chi connectivity index (χ0) is 24.6. The Morgan fingerprint density at radius 3 is 2.71 bits per heavy atom. The zero-order valence-electron chi connectivity index (χ0n) is 19.4. The SMILES string of the molecule is C=C[C@@H]1C[C@]1(NC(=O)[C@@H]1C[C@@H](Oc2cc(-c3ccccc3)nc3cc(OC)ccc23)CN1)C(=O)O. The van der Waals surface area contributed by atoms with E-state index in [9.17, 15) is 14.7 Å². The molecular formula is C27H27N3O5. The van der Waals surface area contributed by atoms with Crippen molar-refractivity contribution in [3.05, 3.63) is 67.3 Å². The molecule has 1 amide bonds. The molecule has 0 bridgehead atoms. The number of hydrogen-bond donors (Lipinski definition) is 3. The van der Waals surface area contributed by atoms with Crippen LogP contribution in [0.4, 0.5) is 0 Å². The number of rotatable bonds is 8. The van der Waals surface area contributed by atoms with E-state index in [1.807, 2.05) is 54.6 Å². The number of benzene rings is 2. The molecule has 2 heterocycles. The highest BCUT2D eigenvalue weighted by Crippen LogP contribution is 2.44. The van der Waals surface area contributed by atoms with Gasteiger partial charge in [-0.25, -0.2) is 9.78 Å². The smallest absolute Gasteiger partial charge is 0.330 e. The zero-order valence-corrected chi connectivity index (χ0v) is 19.4. The van der Waals surface area contributed by atoms with Gasteiger partial charge in [-0.2, -0.15) is 0 Å². The first-order chi connectivity index (χ1) is 16.9. The van der Waals surface area contributed by atoms with E-state index in [0.29, 0.717) is 30.9 Å². The number of hydrogen-bond acceptors (Lipinski definition) is 6. The normalized spacial score (nSPS) is 25.1. The highest BCUT2D eigenvalue weighted by molar-refractivity contribution is 5.93. The van der Waals surface area contributed by atoms with Crippen LogP contribution in [0.5, 0.6) is 11.5 Å². The van der Waals surface area contributed by atoms with Crippen LogP contribution in [-0.2, 0) is 9.59 Å². The average Bonchev–Trinajstić information content (AvgIpc) is 3.40. The Bertz CT molecular complexity index is 1290. The van der Waals surface area contributed by atoms with Crippen LogP contribution >= 0.6 is 0 Å². The lowest BCUT2D eigenvalue weighted by Gasteiger charge is -2.18. The molecule has 4 atom stereocenters. The lowest BCUT2D eigenvalue weighted by molar-refractivity contribution is -0.143. The number of aliphatic carboxylic acids is 1. The Morgan fingerprint density at radius 1 is 1.23 bits per heavy atom. The van der Waals surface area contributed by atoms with E-state index in [-0.39, 0.29) is 17.9 Å². The van der Waals surface area contributed by atoms with E-state index in [2.05, 4.69) is 17.2 Å². The van der Waals surface area contributed by atoms with Crippen LogP contribution in [0.25, 0.3) is 22.2 Å². The molecule has 8 heteroatoms. The Hall–Kier alpha value is -3.91. The molecule has 3 N–H and O–H groups in total. The van der Waals surface area contributed by atoms with Crippen LogP contribution < -0.4 is 20.1 Å². The van der Waals surface area contributed by atoms with E-state index in [1.54, 1.807) is 13.2 Å². The quantitative estimate of drug-likeness (QED) is 0.431. The second-order valence-corrected chi connectivity index (χ2v) is 9.00. The fourth-order valence-corrected chi connectivity index (χ4v) is 4.65. The third-order valence-corrected chi connectivity index (χ3v) is 6.78. The maximum atomic E-state index is 12.8. The first kappa shape index (κ1) is 22.9. The molecule has 1 saturated carbocycles. The number of carboxylic acids is 1. The topological polar surface area (TPSA) is 110 Å². The first-order valence-electron chi connectivity index (χ1n) is 11.6. The lowest BCUT2D eigenvalue weighted by atomic mass is 10.1. The molecule has 1 aromatic heterocycles. The number of amides is 1. The standard InChI is InChI=1S/C27H27N3O5/c1-3-17-14-27(17,26(32)33)30-25(31)23-12-19(15-28-23)35-24-13-21(16-7-5-4-6-8-16)29-22-11-18(34-2)9-10-20(22)24/h3-11,13,17,19,23,28H,1,12,14-15H2,2H3,(H,30,31)(H,32,33)/t17-,19-,23+,27-/m1/s1. The number of aromatic nitrogens is 1. The van der Waals surface area contributed by atoms with Crippen LogP contribution in [0.3, 0.4) is 0 Å². The van der Waals surface area contributed by atoms with Gasteiger partial charge >= 0.3 is 5.97 Å². The van der Waals surface area contributed by atoms with Gasteiger partial charge in [0.15, 0.2) is 0 Å². The Kier molecular flexibility index (Phi) is 5.90. The summed E-state index contributed by atoms with van der Waals surface area (Å²) in [5.74, 6) is -0.259. The van der Waals surface area contributed by atoms with Gasteiger partial charge in [0.1, 0.15) is 23.1 Å². The molecule has 1 aliphatic carbocycles. The van der Waals surface area contributed by atoms with Crippen molar-refractivity contribution in [1.29, 1.82) is 0 Å². The highest BCUT2D eigenvalue weighted by Gasteiger charge is 2.60. The van der Waals surface area contributed by atoms with Crippen molar-refractivity contribution in [2.24, 2.45) is 5.92 Å². The summed E-state index contributed by atoms with van der Waals surface area (Å²) in [5, 5.41) is 16.3. The van der Waals surface area contributed by atoms with Crippen molar-refractivity contribution in [3.8, 4) is 22.8 Å². The minimum atomic E-state index is -1.25. The van der Waals surface area contributed by atoms with Crippen LogP contribution in [0.15, 0.2) is 67.3 Å². The van der Waals surface area contributed by atoms with Crippen LogP contribution in [0.2, 0.25) is 0 Å². The molecule has 1 saturated heterocycles. The first-order valence-corrected chi connectivity index (χ1v) is 11.6. The van der Waals surface area contributed by atoms with Gasteiger partial charge in [0.05, 0.1) is 24.4 Å². The number of carbonyl (C=O) groups is 2. The second kappa shape index (κ2) is 9.03. The van der Waals surface area contributed by atoms with Crippen molar-refractivity contribution in [2.75, 3.05) is 13.7 Å². The number of nitrogens with one attached hydrogen (secondary N) is 2. The summed E-state index contributed by atoms with van der Waals surface area (Å²) < 4.78 is 11.8. The minimum Gasteiger partial charge on any atom is -0.497 e. The van der Waals surface area contributed by atoms with Gasteiger partial charge in [-0.15, -0.1) is 6.58 Å². The number of carbonyl (C=O) groups excluding carboxylic acids is 1. The van der Waals surface area contributed by atoms with Crippen LogP contribution in [0.1, 0.15) is 12.8 Å². The predicted molar refractivity (Wildman–Crippen MR) is 131 cm³/mol. The number of pyridine rings is 1. The summed E-state index contributed by atoms with van der Waals surface area (Å²) in [6.45, 7) is 4.13. The number of fused-ring (bicyclic) bond motifs is 1. The monoisotopic (exact) mass is 473 g/mol. The van der Waals surface area contributed by atoms with Crippen molar-refractivity contribution in [1.82, 2.24) is 15.6 Å². The van der Waals surface area contributed by atoms with Crippen molar-refractivity contribution >= 4 is 22.8 Å². The van der Waals surface area contributed by atoms with E-state index in [1.165, 1.54) is 0 Å². The summed E-state index contributed by atoms with van der Waals surface area (Å²) >= 11 is 0. The van der Waals surface area contributed by atoms with Gasteiger partial charge in [-0.1, -0.05) is 36.4 Å². The maximum Gasteiger partial charge on any atom is 0.330 e. The molecule has 8 nitrogen and oxygen atoms in total. The van der Waals surface area contributed by atoms with Gasteiger partial charge < -0.3 is 25.2 Å². The fourth-order valence-electron chi connectivity index (χ4n) is 4.65. The minimum absolute atomic E-state index is 0.256. The van der Waals surface area contributed by atoms with Crippen LogP contribution in [0, 0.1) is 5.92 Å². The Labute approximate surface area is 203 Å². The van der Waals surface area contributed by atoms with Crippen molar-refractivity contribution in [3.63, 3.8) is 0 Å². The summed E-state index contributed by atoms with van der Waals surface area (Å²) in [4.78, 5) is 29.3. The third kappa shape index (κ3) is 4.33. The number of carboxylic acid groups (broad SMARTS) is 1. The number of nitrogens with zero attached hydrogens (tertiary/aromatic N) is 1. The van der Waals surface area contributed by atoms with Crippen molar-refractivity contribution < 1.29 is 24.2 Å². The molecule has 3 aromatic rings. The Balaban J connectivity index is 1.36. The van der Waals surface area contributed by atoms with Gasteiger partial charge in [-0.05, 0) is 18.6 Å². The molecule has 35 heavy (non-hydrogen) atoms. The fraction of sp³-hybridized carbons (Fsp3) is 0.296. The van der Waals surface area contributed by atoms with E-state index in [4.69, 9.17) is 14.5 Å². The van der Waals surface area contributed by atoms with Crippen LogP contribution in [-0.4, -0.2) is 53.3 Å². The molecule has 5 rings (SSSR count). The summed E-state index contributed by atoms with van der Waals surface area (Å²) in [5.41, 5.74) is 1.23. The van der Waals surface area contributed by atoms with Crippen molar-refractivity contribution in [2.45, 2.75) is 30.5 Å². The average molecular weight is 474 g/mol. The number of methoxy groups -OCH3 is 1. The largest absolute Gasteiger partial charge is 0.497 e. The van der Waals surface area contributed by atoms with Gasteiger partial charge in [-0.3, -0.25) is 4.79 Å². The highest BCUT2D eigenvalue weighted by atomic mass is 16.5. The molecule has 180 valence electrons. The van der Waals surface area contributed by atoms with E-state index >= 15 is 0 Å². The predicted octanol–water partition coefficient (Wildman–Crippen LogP) is 3.17. The lowest BCUT2D eigenvalue weighted by Crippen LogP contribution is -2.51. The molecule has 0 radical (unpaired) electrons.